The van der Waals surface area contributed by atoms with E-state index in [1.54, 1.807) is 6.08 Å². The average molecular weight is 292 g/mol. The van der Waals surface area contributed by atoms with E-state index in [1.807, 2.05) is 6.08 Å². The minimum atomic E-state index is 0.0628. The maximum absolute atomic E-state index is 9.95. The molecule has 0 saturated carbocycles. The van der Waals surface area contributed by atoms with Gasteiger partial charge in [0.15, 0.2) is 12.6 Å². The van der Waals surface area contributed by atoms with Crippen molar-refractivity contribution in [2.75, 3.05) is 13.2 Å². The third-order valence-electron chi connectivity index (χ3n) is 3.55. The van der Waals surface area contributed by atoms with E-state index in [0.29, 0.717) is 6.29 Å². The van der Waals surface area contributed by atoms with Gasteiger partial charge in [-0.3, -0.25) is 4.79 Å². The summed E-state index contributed by atoms with van der Waals surface area (Å²) in [6.07, 6.45) is 16.4. The number of unbranched alkanes of at least 4 members (excludes halogenated alkanes) is 6. The van der Waals surface area contributed by atoms with Crippen molar-refractivity contribution >= 4 is 6.29 Å². The molecule has 118 valence electrons. The Kier molecular flexibility index (Phi) is 11.8. The first-order valence-electron chi connectivity index (χ1n) is 8.26. The van der Waals surface area contributed by atoms with E-state index in [1.165, 1.54) is 44.9 Å². The second-order valence-corrected chi connectivity index (χ2v) is 5.39. The molecule has 0 bridgehead atoms. The van der Waals surface area contributed by atoms with Gasteiger partial charge in [0.05, 0.1) is 0 Å². The van der Waals surface area contributed by atoms with E-state index in [-0.39, 0.29) is 6.29 Å². The van der Waals surface area contributed by atoms with Gasteiger partial charge in [-0.2, -0.15) is 0 Å². The van der Waals surface area contributed by atoms with Crippen LogP contribution in [-0.4, -0.2) is 25.8 Å². The quantitative estimate of drug-likeness (QED) is 0.346. The Hall–Kier alpha value is -1.11. The van der Waals surface area contributed by atoms with Crippen molar-refractivity contribution < 1.29 is 14.3 Å². The molecular weight excluding hydrogens is 264 g/mol. The minimum absolute atomic E-state index is 0.0628. The molecule has 0 aromatic rings. The number of hydrogen-bond donors (Lipinski definition) is 0. The van der Waals surface area contributed by atoms with E-state index >= 15 is 0 Å². The summed E-state index contributed by atoms with van der Waals surface area (Å²) < 4.78 is 11.2. The van der Waals surface area contributed by atoms with E-state index in [0.717, 1.165) is 32.5 Å². The van der Waals surface area contributed by atoms with Gasteiger partial charge in [0, 0.05) is 13.2 Å². The van der Waals surface area contributed by atoms with Gasteiger partial charge in [0.25, 0.3) is 0 Å². The Morgan fingerprint density at radius 2 is 1.86 bits per heavy atom. The summed E-state index contributed by atoms with van der Waals surface area (Å²) in [5, 5.41) is 0. The molecule has 0 aromatic carbocycles. The van der Waals surface area contributed by atoms with Crippen LogP contribution in [0, 0.1) is 11.8 Å². The van der Waals surface area contributed by atoms with Crippen LogP contribution in [-0.2, 0) is 14.3 Å². The number of ether oxygens (including phenoxy) is 2. The third kappa shape index (κ3) is 11.2. The molecule has 1 aliphatic heterocycles. The van der Waals surface area contributed by atoms with Crippen LogP contribution >= 0.6 is 0 Å². The molecule has 1 heterocycles. The highest BCUT2D eigenvalue weighted by Crippen LogP contribution is 2.14. The number of aldehydes is 1. The van der Waals surface area contributed by atoms with Crippen molar-refractivity contribution in [1.82, 2.24) is 0 Å². The zero-order valence-corrected chi connectivity index (χ0v) is 13.0. The molecule has 0 aliphatic carbocycles. The second-order valence-electron chi connectivity index (χ2n) is 5.39. The Morgan fingerprint density at radius 3 is 2.62 bits per heavy atom. The van der Waals surface area contributed by atoms with Crippen LogP contribution in [0.15, 0.2) is 12.2 Å². The first-order chi connectivity index (χ1) is 10.4. The van der Waals surface area contributed by atoms with E-state index in [2.05, 4.69) is 11.8 Å². The van der Waals surface area contributed by atoms with Crippen LogP contribution in [0.3, 0.4) is 0 Å². The molecule has 0 aromatic heterocycles. The van der Waals surface area contributed by atoms with Crippen molar-refractivity contribution in [3.63, 3.8) is 0 Å². The maximum atomic E-state index is 9.95. The van der Waals surface area contributed by atoms with E-state index < -0.39 is 0 Å². The van der Waals surface area contributed by atoms with Crippen molar-refractivity contribution in [3.8, 4) is 11.8 Å². The lowest BCUT2D eigenvalue weighted by Crippen LogP contribution is -2.22. The summed E-state index contributed by atoms with van der Waals surface area (Å²) in [7, 11) is 0. The first kappa shape index (κ1) is 17.9. The molecule has 1 unspecified atom stereocenters. The number of allylic oxidation sites excluding steroid dienone is 2. The predicted molar refractivity (Wildman–Crippen MR) is 84.8 cm³/mol. The van der Waals surface area contributed by atoms with Crippen LogP contribution in [0.1, 0.15) is 64.2 Å². The van der Waals surface area contributed by atoms with E-state index in [4.69, 9.17) is 9.47 Å². The van der Waals surface area contributed by atoms with Gasteiger partial charge in [0.2, 0.25) is 0 Å². The highest BCUT2D eigenvalue weighted by atomic mass is 16.7. The highest BCUT2D eigenvalue weighted by Gasteiger charge is 2.13. The largest absolute Gasteiger partial charge is 0.353 e. The summed E-state index contributed by atoms with van der Waals surface area (Å²) in [4.78, 5) is 9.95. The standard InChI is InChI=1S/C18H28O3/c19-15-11-8-6-4-2-1-3-5-7-9-12-16-20-18-14-10-13-17-21-18/h4,6,15,18H,1-3,5,7,9-10,12-14,16-17H2/b6-4-. The summed E-state index contributed by atoms with van der Waals surface area (Å²) in [6.45, 7) is 1.70. The lowest BCUT2D eigenvalue weighted by Gasteiger charge is -2.22. The summed E-state index contributed by atoms with van der Waals surface area (Å²) >= 11 is 0. The summed E-state index contributed by atoms with van der Waals surface area (Å²) in [6, 6.07) is 0. The molecule has 1 atom stereocenters. The Bertz CT molecular complexity index is 332. The summed E-state index contributed by atoms with van der Waals surface area (Å²) in [5.41, 5.74) is 0. The van der Waals surface area contributed by atoms with Gasteiger partial charge < -0.3 is 9.47 Å². The number of hydrogen-bond acceptors (Lipinski definition) is 3. The molecule has 3 nitrogen and oxygen atoms in total. The topological polar surface area (TPSA) is 35.5 Å². The van der Waals surface area contributed by atoms with Crippen LogP contribution in [0.5, 0.6) is 0 Å². The Labute approximate surface area is 129 Å². The van der Waals surface area contributed by atoms with Crippen LogP contribution < -0.4 is 0 Å². The van der Waals surface area contributed by atoms with Gasteiger partial charge in [-0.25, -0.2) is 0 Å². The fraction of sp³-hybridized carbons (Fsp3) is 0.722. The minimum Gasteiger partial charge on any atom is -0.353 e. The lowest BCUT2D eigenvalue weighted by atomic mass is 10.1. The zero-order chi connectivity index (χ0) is 15.0. The molecule has 1 rings (SSSR count). The molecule has 0 amide bonds. The smallest absolute Gasteiger partial charge is 0.193 e. The van der Waals surface area contributed by atoms with Crippen molar-refractivity contribution in [2.45, 2.75) is 70.5 Å². The summed E-state index contributed by atoms with van der Waals surface area (Å²) in [5.74, 6) is 5.03. The molecule has 1 fully saturated rings. The van der Waals surface area contributed by atoms with Crippen LogP contribution in [0.25, 0.3) is 0 Å². The normalized spacial score (nSPS) is 18.4. The number of carbonyl (C=O) groups is 1. The molecule has 0 radical (unpaired) electrons. The van der Waals surface area contributed by atoms with Crippen LogP contribution in [0.2, 0.25) is 0 Å². The first-order valence-corrected chi connectivity index (χ1v) is 8.26. The van der Waals surface area contributed by atoms with E-state index in [9.17, 15) is 4.79 Å². The molecule has 21 heavy (non-hydrogen) atoms. The maximum Gasteiger partial charge on any atom is 0.193 e. The van der Waals surface area contributed by atoms with Crippen LogP contribution in [0.4, 0.5) is 0 Å². The molecule has 0 N–H and O–H groups in total. The van der Waals surface area contributed by atoms with Crippen molar-refractivity contribution in [3.05, 3.63) is 12.2 Å². The number of carbonyl (C=O) groups excluding carboxylic acids is 1. The fourth-order valence-electron chi connectivity index (χ4n) is 2.35. The second kappa shape index (κ2) is 13.9. The fourth-order valence-corrected chi connectivity index (χ4v) is 2.35. The molecular formula is C18H28O3. The molecule has 3 heteroatoms. The molecule has 0 spiro atoms. The third-order valence-corrected chi connectivity index (χ3v) is 3.55. The van der Waals surface area contributed by atoms with Gasteiger partial charge >= 0.3 is 0 Å². The Morgan fingerprint density at radius 1 is 1.05 bits per heavy atom. The zero-order valence-electron chi connectivity index (χ0n) is 13.0. The highest BCUT2D eigenvalue weighted by molar-refractivity contribution is 5.73. The van der Waals surface area contributed by atoms with Gasteiger partial charge in [-0.1, -0.05) is 37.7 Å². The molecule has 1 saturated heterocycles. The van der Waals surface area contributed by atoms with Gasteiger partial charge in [0.1, 0.15) is 0 Å². The average Bonchev–Trinajstić information content (AvgIpc) is 2.53. The number of rotatable bonds is 10. The van der Waals surface area contributed by atoms with Crippen molar-refractivity contribution in [1.29, 1.82) is 0 Å². The van der Waals surface area contributed by atoms with Gasteiger partial charge in [-0.05, 0) is 50.5 Å². The SMILES string of the molecule is O=CC#C/C=C\CCCCCCCCOC1CCCCO1. The predicted octanol–water partition coefficient (Wildman–Crippen LogP) is 4.02. The van der Waals surface area contributed by atoms with Gasteiger partial charge in [-0.15, -0.1) is 0 Å². The Balaban J connectivity index is 1.78. The monoisotopic (exact) mass is 292 g/mol. The molecule has 1 aliphatic rings. The van der Waals surface area contributed by atoms with Crippen molar-refractivity contribution in [2.24, 2.45) is 0 Å². The lowest BCUT2D eigenvalue weighted by molar-refractivity contribution is -0.162.